The predicted molar refractivity (Wildman–Crippen MR) is 115 cm³/mol. The molecule has 1 saturated heterocycles. The number of rotatable bonds is 7. The topological polar surface area (TPSA) is 102 Å². The van der Waals surface area contributed by atoms with Gasteiger partial charge in [0.2, 0.25) is 5.91 Å². The summed E-state index contributed by atoms with van der Waals surface area (Å²) in [5.41, 5.74) is 1.68. The van der Waals surface area contributed by atoms with Gasteiger partial charge in [0, 0.05) is 13.0 Å². The van der Waals surface area contributed by atoms with Crippen LogP contribution >= 0.6 is 0 Å². The average molecular weight is 438 g/mol. The first-order valence-corrected chi connectivity index (χ1v) is 10.4. The van der Waals surface area contributed by atoms with Crippen LogP contribution in [0.25, 0.3) is 0 Å². The number of amides is 2. The van der Waals surface area contributed by atoms with Crippen LogP contribution in [-0.2, 0) is 41.7 Å². The van der Waals surface area contributed by atoms with E-state index in [-0.39, 0.29) is 19.6 Å². The summed E-state index contributed by atoms with van der Waals surface area (Å²) in [5, 5.41) is 2.73. The van der Waals surface area contributed by atoms with E-state index in [0.29, 0.717) is 12.8 Å². The summed E-state index contributed by atoms with van der Waals surface area (Å²) in [5.74, 6) is -2.96. The maximum absolute atomic E-state index is 13.0. The number of hydrogen-bond acceptors (Lipinski definition) is 6. The lowest BCUT2D eigenvalue weighted by Gasteiger charge is -2.25. The predicted octanol–water partition coefficient (Wildman–Crippen LogP) is 1.62. The summed E-state index contributed by atoms with van der Waals surface area (Å²) >= 11 is 0. The SMILES string of the molecule is COC(=O)C(=O)N1CCC[C@@H]1C(=O)N[C@H](Cc1ccccc1)C(=O)OCc1ccccc1. The molecule has 168 valence electrons. The van der Waals surface area contributed by atoms with Crippen molar-refractivity contribution < 1.29 is 28.7 Å². The molecule has 8 heteroatoms. The number of ether oxygens (including phenoxy) is 2. The summed E-state index contributed by atoms with van der Waals surface area (Å²) in [6, 6.07) is 16.7. The summed E-state index contributed by atoms with van der Waals surface area (Å²) in [4.78, 5) is 50.9. The molecule has 1 aliphatic rings. The molecule has 0 radical (unpaired) electrons. The standard InChI is InChI=1S/C24H26N2O6/c1-31-24(30)22(28)26-14-8-13-20(26)21(27)25-19(15-17-9-4-2-5-10-17)23(29)32-16-18-11-6-3-7-12-18/h2-7,9-12,19-20H,8,13-16H2,1H3,(H,25,27)/t19-,20-/m1/s1. The lowest BCUT2D eigenvalue weighted by Crippen LogP contribution is -2.53. The van der Waals surface area contributed by atoms with Gasteiger partial charge < -0.3 is 19.7 Å². The van der Waals surface area contributed by atoms with Gasteiger partial charge in [-0.2, -0.15) is 0 Å². The van der Waals surface area contributed by atoms with Gasteiger partial charge in [-0.05, 0) is 24.0 Å². The number of esters is 2. The fraction of sp³-hybridized carbons (Fsp3) is 0.333. The first kappa shape index (κ1) is 23.0. The van der Waals surface area contributed by atoms with Gasteiger partial charge in [0.25, 0.3) is 0 Å². The molecule has 0 aliphatic carbocycles. The van der Waals surface area contributed by atoms with Crippen molar-refractivity contribution in [2.75, 3.05) is 13.7 Å². The number of nitrogens with zero attached hydrogens (tertiary/aromatic N) is 1. The van der Waals surface area contributed by atoms with Crippen molar-refractivity contribution in [1.29, 1.82) is 0 Å². The molecule has 1 fully saturated rings. The number of carbonyl (C=O) groups is 4. The molecule has 2 aromatic rings. The van der Waals surface area contributed by atoms with E-state index in [9.17, 15) is 19.2 Å². The molecule has 0 spiro atoms. The van der Waals surface area contributed by atoms with Crippen LogP contribution in [0.3, 0.4) is 0 Å². The van der Waals surface area contributed by atoms with Crippen LogP contribution in [-0.4, -0.2) is 54.4 Å². The van der Waals surface area contributed by atoms with Gasteiger partial charge >= 0.3 is 17.8 Å². The lowest BCUT2D eigenvalue weighted by molar-refractivity contribution is -0.159. The quantitative estimate of drug-likeness (QED) is 0.521. The molecule has 8 nitrogen and oxygen atoms in total. The van der Waals surface area contributed by atoms with Crippen LogP contribution < -0.4 is 5.32 Å². The van der Waals surface area contributed by atoms with E-state index in [1.54, 1.807) is 0 Å². The van der Waals surface area contributed by atoms with E-state index in [0.717, 1.165) is 18.2 Å². The van der Waals surface area contributed by atoms with Gasteiger partial charge in [0.15, 0.2) is 0 Å². The zero-order chi connectivity index (χ0) is 22.9. The molecular formula is C24H26N2O6. The molecule has 32 heavy (non-hydrogen) atoms. The Morgan fingerprint density at radius 3 is 2.25 bits per heavy atom. The fourth-order valence-corrected chi connectivity index (χ4v) is 3.63. The Kier molecular flexibility index (Phi) is 7.96. The molecule has 1 N–H and O–H groups in total. The van der Waals surface area contributed by atoms with Crippen LogP contribution in [0, 0.1) is 0 Å². The minimum absolute atomic E-state index is 0.0806. The minimum Gasteiger partial charge on any atom is -0.462 e. The largest absolute Gasteiger partial charge is 0.462 e. The molecule has 1 heterocycles. The van der Waals surface area contributed by atoms with Gasteiger partial charge in [0.05, 0.1) is 7.11 Å². The molecule has 3 rings (SSSR count). The highest BCUT2D eigenvalue weighted by Crippen LogP contribution is 2.19. The molecule has 2 atom stereocenters. The molecule has 0 saturated carbocycles. The van der Waals surface area contributed by atoms with Crippen molar-refractivity contribution in [2.45, 2.75) is 38.0 Å². The Balaban J connectivity index is 1.71. The van der Waals surface area contributed by atoms with Crippen LogP contribution in [0.4, 0.5) is 0 Å². The second kappa shape index (κ2) is 11.1. The first-order valence-electron chi connectivity index (χ1n) is 10.4. The molecule has 2 aromatic carbocycles. The van der Waals surface area contributed by atoms with E-state index >= 15 is 0 Å². The molecular weight excluding hydrogens is 412 g/mol. The van der Waals surface area contributed by atoms with Crippen LogP contribution in [0.5, 0.6) is 0 Å². The Bertz CT molecular complexity index is 947. The molecule has 1 aliphatic heterocycles. The van der Waals surface area contributed by atoms with Crippen molar-refractivity contribution in [3.05, 3.63) is 71.8 Å². The third-order valence-corrected chi connectivity index (χ3v) is 5.28. The van der Waals surface area contributed by atoms with E-state index in [4.69, 9.17) is 4.74 Å². The maximum atomic E-state index is 13.0. The third kappa shape index (κ3) is 5.94. The van der Waals surface area contributed by atoms with Gasteiger partial charge in [-0.3, -0.25) is 9.59 Å². The van der Waals surface area contributed by atoms with E-state index in [1.807, 2.05) is 60.7 Å². The third-order valence-electron chi connectivity index (χ3n) is 5.28. The zero-order valence-corrected chi connectivity index (χ0v) is 17.9. The lowest BCUT2D eigenvalue weighted by atomic mass is 10.1. The summed E-state index contributed by atoms with van der Waals surface area (Å²) in [6.07, 6.45) is 1.20. The number of nitrogens with one attached hydrogen (secondary N) is 1. The van der Waals surface area contributed by atoms with Gasteiger partial charge in [-0.25, -0.2) is 9.59 Å². The second-order valence-corrected chi connectivity index (χ2v) is 7.49. The Morgan fingerprint density at radius 2 is 1.62 bits per heavy atom. The fourth-order valence-electron chi connectivity index (χ4n) is 3.63. The smallest absolute Gasteiger partial charge is 0.396 e. The number of likely N-dealkylation sites (tertiary alicyclic amines) is 1. The van der Waals surface area contributed by atoms with Crippen molar-refractivity contribution >= 4 is 23.8 Å². The highest BCUT2D eigenvalue weighted by Gasteiger charge is 2.38. The molecule has 0 aromatic heterocycles. The highest BCUT2D eigenvalue weighted by atomic mass is 16.5. The van der Waals surface area contributed by atoms with Crippen LogP contribution in [0.1, 0.15) is 24.0 Å². The normalized spacial score (nSPS) is 16.2. The highest BCUT2D eigenvalue weighted by molar-refractivity contribution is 6.32. The van der Waals surface area contributed by atoms with E-state index < -0.39 is 35.8 Å². The zero-order valence-electron chi connectivity index (χ0n) is 17.9. The van der Waals surface area contributed by atoms with Crippen molar-refractivity contribution in [3.8, 4) is 0 Å². The Labute approximate surface area is 186 Å². The van der Waals surface area contributed by atoms with Gasteiger partial charge in [-0.15, -0.1) is 0 Å². The summed E-state index contributed by atoms with van der Waals surface area (Å²) in [6.45, 7) is 0.352. The Hall–Kier alpha value is -3.68. The van der Waals surface area contributed by atoms with Gasteiger partial charge in [0.1, 0.15) is 18.7 Å². The number of carbonyl (C=O) groups excluding carboxylic acids is 4. The van der Waals surface area contributed by atoms with Crippen molar-refractivity contribution in [2.24, 2.45) is 0 Å². The van der Waals surface area contributed by atoms with Crippen LogP contribution in [0.2, 0.25) is 0 Å². The molecule has 0 bridgehead atoms. The second-order valence-electron chi connectivity index (χ2n) is 7.49. The van der Waals surface area contributed by atoms with E-state index in [1.165, 1.54) is 4.90 Å². The van der Waals surface area contributed by atoms with E-state index in [2.05, 4.69) is 10.1 Å². The number of benzene rings is 2. The molecule has 0 unspecified atom stereocenters. The maximum Gasteiger partial charge on any atom is 0.396 e. The van der Waals surface area contributed by atoms with Crippen molar-refractivity contribution in [1.82, 2.24) is 10.2 Å². The first-order chi connectivity index (χ1) is 15.5. The summed E-state index contributed by atoms with van der Waals surface area (Å²) < 4.78 is 9.94. The monoisotopic (exact) mass is 438 g/mol. The number of hydrogen-bond donors (Lipinski definition) is 1. The Morgan fingerprint density at radius 1 is 1.00 bits per heavy atom. The minimum atomic E-state index is -1.02. The van der Waals surface area contributed by atoms with Gasteiger partial charge in [-0.1, -0.05) is 60.7 Å². The number of methoxy groups -OCH3 is 1. The van der Waals surface area contributed by atoms with Crippen LogP contribution in [0.15, 0.2) is 60.7 Å². The van der Waals surface area contributed by atoms with Crippen molar-refractivity contribution in [3.63, 3.8) is 0 Å². The summed E-state index contributed by atoms with van der Waals surface area (Å²) in [7, 11) is 1.12. The average Bonchev–Trinajstić information content (AvgIpc) is 3.32. The molecule has 2 amide bonds.